The van der Waals surface area contributed by atoms with Crippen LogP contribution >= 0.6 is 11.3 Å². The summed E-state index contributed by atoms with van der Waals surface area (Å²) in [6.07, 6.45) is 1.78. The summed E-state index contributed by atoms with van der Waals surface area (Å²) in [7, 11) is 3.34. The van der Waals surface area contributed by atoms with Crippen LogP contribution in [0.4, 0.5) is 0 Å². The van der Waals surface area contributed by atoms with E-state index in [1.165, 1.54) is 0 Å². The molecule has 0 amide bonds. The van der Waals surface area contributed by atoms with Gasteiger partial charge in [0.25, 0.3) is 0 Å². The summed E-state index contributed by atoms with van der Waals surface area (Å²) in [6.45, 7) is 2.62. The normalized spacial score (nSPS) is 10.6. The van der Waals surface area contributed by atoms with Crippen molar-refractivity contribution in [3.63, 3.8) is 0 Å². The van der Waals surface area contributed by atoms with E-state index in [2.05, 4.69) is 10.3 Å². The van der Waals surface area contributed by atoms with Crippen LogP contribution in [0.1, 0.15) is 10.6 Å². The first-order chi connectivity index (χ1) is 10.3. The molecular weight excluding hydrogens is 288 g/mol. The molecule has 0 spiro atoms. The van der Waals surface area contributed by atoms with Gasteiger partial charge in [0.2, 0.25) is 0 Å². The van der Waals surface area contributed by atoms with Crippen molar-refractivity contribution in [2.24, 2.45) is 0 Å². The highest BCUT2D eigenvalue weighted by Gasteiger charge is 2.11. The summed E-state index contributed by atoms with van der Waals surface area (Å²) in [5.74, 6) is 1.50. The van der Waals surface area contributed by atoms with Crippen LogP contribution in [0.5, 0.6) is 11.5 Å². The van der Waals surface area contributed by atoms with Crippen molar-refractivity contribution in [1.29, 1.82) is 0 Å². The zero-order valence-corrected chi connectivity index (χ0v) is 13.1. The molecule has 2 rings (SSSR count). The Bertz CT molecular complexity index is 532. The van der Waals surface area contributed by atoms with Gasteiger partial charge in [-0.1, -0.05) is 12.1 Å². The molecule has 1 aromatic carbocycles. The van der Waals surface area contributed by atoms with Crippen molar-refractivity contribution in [2.45, 2.75) is 13.2 Å². The number of ether oxygens (including phenoxy) is 3. The van der Waals surface area contributed by atoms with Crippen LogP contribution in [-0.4, -0.2) is 32.4 Å². The van der Waals surface area contributed by atoms with E-state index in [0.29, 0.717) is 19.8 Å². The maximum Gasteiger partial charge on any atom is 0.166 e. The lowest BCUT2D eigenvalue weighted by Crippen LogP contribution is -2.19. The zero-order valence-electron chi connectivity index (χ0n) is 12.3. The summed E-state index contributed by atoms with van der Waals surface area (Å²) in [5.41, 5.74) is 1.06. The van der Waals surface area contributed by atoms with E-state index in [1.54, 1.807) is 31.8 Å². The molecule has 0 fully saturated rings. The number of aromatic nitrogens is 1. The third-order valence-electron chi connectivity index (χ3n) is 2.90. The summed E-state index contributed by atoms with van der Waals surface area (Å²) >= 11 is 1.58. The number of para-hydroxylation sites is 1. The zero-order chi connectivity index (χ0) is 14.9. The van der Waals surface area contributed by atoms with Crippen molar-refractivity contribution in [2.75, 3.05) is 27.4 Å². The van der Waals surface area contributed by atoms with Gasteiger partial charge in [0.15, 0.2) is 11.5 Å². The molecule has 5 nitrogen and oxygen atoms in total. The number of thiazole rings is 1. The minimum absolute atomic E-state index is 0.448. The van der Waals surface area contributed by atoms with Gasteiger partial charge in [0.05, 0.1) is 13.7 Å². The maximum atomic E-state index is 5.91. The Kier molecular flexibility index (Phi) is 6.46. The van der Waals surface area contributed by atoms with Crippen LogP contribution in [0, 0.1) is 0 Å². The minimum Gasteiger partial charge on any atom is -0.493 e. The highest BCUT2D eigenvalue weighted by molar-refractivity contribution is 7.09. The lowest BCUT2D eigenvalue weighted by molar-refractivity contribution is 0.199. The highest BCUT2D eigenvalue weighted by Crippen LogP contribution is 2.31. The first-order valence-corrected chi connectivity index (χ1v) is 7.59. The molecule has 0 radical (unpaired) electrons. The minimum atomic E-state index is 0.448. The highest BCUT2D eigenvalue weighted by atomic mass is 32.1. The second-order valence-corrected chi connectivity index (χ2v) is 5.31. The average Bonchev–Trinajstić information content (AvgIpc) is 3.03. The monoisotopic (exact) mass is 308 g/mol. The molecule has 0 saturated carbocycles. The fraction of sp³-hybridized carbons (Fsp3) is 0.400. The second-order valence-electron chi connectivity index (χ2n) is 4.33. The lowest BCUT2D eigenvalue weighted by Gasteiger charge is -2.15. The largest absolute Gasteiger partial charge is 0.493 e. The van der Waals surface area contributed by atoms with Crippen molar-refractivity contribution >= 4 is 11.3 Å². The molecule has 0 aliphatic carbocycles. The number of nitrogens with zero attached hydrogens (tertiary/aromatic N) is 1. The van der Waals surface area contributed by atoms with E-state index in [-0.39, 0.29) is 0 Å². The predicted octanol–water partition coefficient (Wildman–Crippen LogP) is 2.47. The number of nitrogens with one attached hydrogen (secondary N) is 1. The summed E-state index contributed by atoms with van der Waals surface area (Å²) in [5, 5.41) is 6.20. The Labute approximate surface area is 128 Å². The molecule has 6 heteroatoms. The molecule has 1 heterocycles. The Morgan fingerprint density at radius 3 is 2.90 bits per heavy atom. The number of hydrogen-bond donors (Lipinski definition) is 1. The molecule has 0 aliphatic rings. The molecular formula is C15H20N2O3S. The lowest BCUT2D eigenvalue weighted by atomic mass is 10.2. The Morgan fingerprint density at radius 1 is 1.29 bits per heavy atom. The van der Waals surface area contributed by atoms with Gasteiger partial charge in [-0.05, 0) is 6.07 Å². The molecule has 1 aromatic heterocycles. The van der Waals surface area contributed by atoms with Gasteiger partial charge in [-0.2, -0.15) is 0 Å². The van der Waals surface area contributed by atoms with Crippen molar-refractivity contribution in [3.8, 4) is 11.5 Å². The molecule has 0 bridgehead atoms. The van der Waals surface area contributed by atoms with Gasteiger partial charge in [-0.25, -0.2) is 4.98 Å². The van der Waals surface area contributed by atoms with Gasteiger partial charge < -0.3 is 19.5 Å². The molecule has 114 valence electrons. The smallest absolute Gasteiger partial charge is 0.166 e. The molecule has 0 saturated heterocycles. The van der Waals surface area contributed by atoms with Crippen LogP contribution in [0.3, 0.4) is 0 Å². The van der Waals surface area contributed by atoms with Crippen LogP contribution in [-0.2, 0) is 17.9 Å². The van der Waals surface area contributed by atoms with Crippen LogP contribution in [0.15, 0.2) is 29.8 Å². The Morgan fingerprint density at radius 2 is 2.19 bits per heavy atom. The van der Waals surface area contributed by atoms with E-state index in [4.69, 9.17) is 14.2 Å². The van der Waals surface area contributed by atoms with Crippen LogP contribution in [0.25, 0.3) is 0 Å². The number of hydrogen-bond acceptors (Lipinski definition) is 6. The Hall–Kier alpha value is -1.63. The maximum absolute atomic E-state index is 5.91. The summed E-state index contributed by atoms with van der Waals surface area (Å²) < 4.78 is 16.3. The molecule has 0 atom stereocenters. The second kappa shape index (κ2) is 8.61. The average molecular weight is 308 g/mol. The van der Waals surface area contributed by atoms with Crippen molar-refractivity contribution in [1.82, 2.24) is 10.3 Å². The van der Waals surface area contributed by atoms with Crippen molar-refractivity contribution < 1.29 is 14.2 Å². The van der Waals surface area contributed by atoms with Crippen LogP contribution in [0.2, 0.25) is 0 Å². The van der Waals surface area contributed by atoms with Gasteiger partial charge in [0, 0.05) is 37.3 Å². The standard InChI is InChI=1S/C15H20N2O3S/c1-18-8-6-16-10-12-4-3-5-13(19-2)15(12)20-11-14-17-7-9-21-14/h3-5,7,9,16H,6,8,10-11H2,1-2H3. The fourth-order valence-corrected chi connectivity index (χ4v) is 2.41. The first kappa shape index (κ1) is 15.8. The van der Waals surface area contributed by atoms with Crippen LogP contribution < -0.4 is 14.8 Å². The number of methoxy groups -OCH3 is 2. The van der Waals surface area contributed by atoms with Gasteiger partial charge in [-0.3, -0.25) is 0 Å². The molecule has 1 N–H and O–H groups in total. The fourth-order valence-electron chi connectivity index (χ4n) is 1.88. The van der Waals surface area contributed by atoms with E-state index in [1.807, 2.05) is 23.6 Å². The van der Waals surface area contributed by atoms with E-state index in [9.17, 15) is 0 Å². The predicted molar refractivity (Wildman–Crippen MR) is 83.0 cm³/mol. The number of benzene rings is 1. The van der Waals surface area contributed by atoms with E-state index >= 15 is 0 Å². The first-order valence-electron chi connectivity index (χ1n) is 6.72. The van der Waals surface area contributed by atoms with Gasteiger partial charge in [0.1, 0.15) is 11.6 Å². The topological polar surface area (TPSA) is 52.6 Å². The Balaban J connectivity index is 2.04. The van der Waals surface area contributed by atoms with E-state index < -0.39 is 0 Å². The molecule has 0 aliphatic heterocycles. The number of rotatable bonds is 9. The molecule has 21 heavy (non-hydrogen) atoms. The molecule has 0 unspecified atom stereocenters. The summed E-state index contributed by atoms with van der Waals surface area (Å²) in [4.78, 5) is 4.22. The summed E-state index contributed by atoms with van der Waals surface area (Å²) in [6, 6.07) is 5.89. The third-order valence-corrected chi connectivity index (χ3v) is 3.66. The SMILES string of the molecule is COCCNCc1cccc(OC)c1OCc1nccs1. The molecule has 2 aromatic rings. The quantitative estimate of drug-likeness (QED) is 0.721. The van der Waals surface area contributed by atoms with E-state index in [0.717, 1.165) is 28.6 Å². The van der Waals surface area contributed by atoms with Gasteiger partial charge >= 0.3 is 0 Å². The van der Waals surface area contributed by atoms with Gasteiger partial charge in [-0.15, -0.1) is 11.3 Å². The van der Waals surface area contributed by atoms with Crippen molar-refractivity contribution in [3.05, 3.63) is 40.3 Å². The third kappa shape index (κ3) is 4.70.